The molecule has 0 spiro atoms. The normalized spacial score (nSPS) is 14.7. The van der Waals surface area contributed by atoms with Crippen molar-refractivity contribution in [3.05, 3.63) is 77.9 Å². The first-order valence-corrected chi connectivity index (χ1v) is 11.9. The van der Waals surface area contributed by atoms with Gasteiger partial charge in [-0.3, -0.25) is 4.79 Å². The van der Waals surface area contributed by atoms with Gasteiger partial charge in [-0.25, -0.2) is 18.6 Å². The zero-order valence-corrected chi connectivity index (χ0v) is 19.3. The van der Waals surface area contributed by atoms with Gasteiger partial charge in [0.2, 0.25) is 0 Å². The molecule has 1 aromatic heterocycles. The number of nitrogens with one attached hydrogen (secondary N) is 2. The molecule has 0 aliphatic heterocycles. The number of carboxylic acid groups (broad SMARTS) is 1. The summed E-state index contributed by atoms with van der Waals surface area (Å²) in [4.78, 5) is 28.7. The van der Waals surface area contributed by atoms with Crippen molar-refractivity contribution in [2.45, 2.75) is 31.2 Å². The molecule has 1 heterocycles. The standard InChI is InChI=1S/C26H21F2N3O3S/c27-18-8-10-21-22(14-18)35-25(30-21)29-20-9-7-17(13-19(20)28)15-3-5-16(6-4-15)23(32)31-26(24(33)34)11-1-2-12-26/h3-10,13-14H,1-2,11-12H2,(H,29,30)(H,31,32)(H,33,34). The number of aromatic nitrogens is 1. The molecule has 0 atom stereocenters. The van der Waals surface area contributed by atoms with Crippen molar-refractivity contribution in [2.75, 3.05) is 5.32 Å². The number of halogens is 2. The van der Waals surface area contributed by atoms with Crippen LogP contribution in [0.5, 0.6) is 0 Å². The lowest BCUT2D eigenvalue weighted by Crippen LogP contribution is -2.52. The molecule has 1 aliphatic rings. The average Bonchev–Trinajstić information content (AvgIpc) is 3.47. The number of amides is 1. The van der Waals surface area contributed by atoms with Crippen molar-refractivity contribution in [2.24, 2.45) is 0 Å². The fraction of sp³-hybridized carbons (Fsp3) is 0.192. The first-order chi connectivity index (χ1) is 16.8. The smallest absolute Gasteiger partial charge is 0.329 e. The number of benzene rings is 3. The van der Waals surface area contributed by atoms with Crippen LogP contribution in [0.2, 0.25) is 0 Å². The van der Waals surface area contributed by atoms with Gasteiger partial charge >= 0.3 is 5.97 Å². The summed E-state index contributed by atoms with van der Waals surface area (Å²) < 4.78 is 28.9. The highest BCUT2D eigenvalue weighted by Gasteiger charge is 2.42. The van der Waals surface area contributed by atoms with E-state index in [0.29, 0.717) is 44.9 Å². The van der Waals surface area contributed by atoms with Gasteiger partial charge in [-0.1, -0.05) is 42.4 Å². The average molecular weight is 494 g/mol. The Labute approximate surface area is 203 Å². The maximum absolute atomic E-state index is 14.8. The van der Waals surface area contributed by atoms with E-state index in [1.165, 1.54) is 29.5 Å². The molecule has 35 heavy (non-hydrogen) atoms. The molecular weight excluding hydrogens is 472 g/mol. The van der Waals surface area contributed by atoms with Gasteiger partial charge in [-0.05, 0) is 66.4 Å². The first kappa shape index (κ1) is 22.9. The monoisotopic (exact) mass is 493 g/mol. The number of fused-ring (bicyclic) bond motifs is 1. The fourth-order valence-electron chi connectivity index (χ4n) is 4.34. The summed E-state index contributed by atoms with van der Waals surface area (Å²) in [6, 6.07) is 15.6. The minimum absolute atomic E-state index is 0.236. The van der Waals surface area contributed by atoms with Crippen molar-refractivity contribution >= 4 is 44.2 Å². The molecule has 3 N–H and O–H groups in total. The number of anilines is 2. The van der Waals surface area contributed by atoms with Crippen LogP contribution in [0.3, 0.4) is 0 Å². The lowest BCUT2D eigenvalue weighted by atomic mass is 9.96. The molecule has 4 aromatic rings. The van der Waals surface area contributed by atoms with Crippen LogP contribution in [0.25, 0.3) is 21.3 Å². The van der Waals surface area contributed by atoms with E-state index in [1.54, 1.807) is 42.5 Å². The van der Waals surface area contributed by atoms with Gasteiger partial charge in [-0.2, -0.15) is 0 Å². The molecule has 178 valence electrons. The number of rotatable bonds is 6. The summed E-state index contributed by atoms with van der Waals surface area (Å²) in [6.45, 7) is 0. The Kier molecular flexibility index (Phi) is 5.94. The number of thiazole rings is 1. The third kappa shape index (κ3) is 4.59. The Morgan fingerprint density at radius 3 is 2.34 bits per heavy atom. The molecule has 9 heteroatoms. The second-order valence-corrected chi connectivity index (χ2v) is 9.61. The molecule has 6 nitrogen and oxygen atoms in total. The van der Waals surface area contributed by atoms with Crippen molar-refractivity contribution in [1.29, 1.82) is 0 Å². The van der Waals surface area contributed by atoms with Crippen LogP contribution in [0, 0.1) is 11.6 Å². The third-order valence-corrected chi connectivity index (χ3v) is 7.19. The van der Waals surface area contributed by atoms with Gasteiger partial charge < -0.3 is 15.7 Å². The SMILES string of the molecule is O=C(NC1(C(=O)O)CCCC1)c1ccc(-c2ccc(Nc3nc4ccc(F)cc4s3)c(F)c2)cc1. The van der Waals surface area contributed by atoms with Crippen LogP contribution in [-0.4, -0.2) is 27.5 Å². The molecule has 0 unspecified atom stereocenters. The van der Waals surface area contributed by atoms with Gasteiger partial charge in [-0.15, -0.1) is 0 Å². The molecule has 1 aliphatic carbocycles. The highest BCUT2D eigenvalue weighted by atomic mass is 32.1. The number of hydrogen-bond donors (Lipinski definition) is 3. The Bertz CT molecular complexity index is 1430. The molecule has 1 amide bonds. The number of hydrogen-bond acceptors (Lipinski definition) is 5. The second kappa shape index (κ2) is 9.07. The predicted octanol–water partition coefficient (Wildman–Crippen LogP) is 6.11. The van der Waals surface area contributed by atoms with Crippen LogP contribution in [0.4, 0.5) is 19.6 Å². The van der Waals surface area contributed by atoms with Crippen LogP contribution < -0.4 is 10.6 Å². The quantitative estimate of drug-likeness (QED) is 0.301. The lowest BCUT2D eigenvalue weighted by Gasteiger charge is -2.25. The minimum atomic E-state index is -1.21. The predicted molar refractivity (Wildman–Crippen MR) is 131 cm³/mol. The summed E-state index contributed by atoms with van der Waals surface area (Å²) in [5.74, 6) is -2.30. The zero-order chi connectivity index (χ0) is 24.6. The number of nitrogens with zero attached hydrogens (tertiary/aromatic N) is 1. The van der Waals surface area contributed by atoms with E-state index in [1.807, 2.05) is 0 Å². The number of carbonyl (C=O) groups excluding carboxylic acids is 1. The van der Waals surface area contributed by atoms with Crippen LogP contribution >= 0.6 is 11.3 Å². The number of carboxylic acids is 1. The van der Waals surface area contributed by atoms with Crippen molar-refractivity contribution < 1.29 is 23.5 Å². The Balaban J connectivity index is 1.30. The zero-order valence-electron chi connectivity index (χ0n) is 18.5. The molecule has 1 saturated carbocycles. The van der Waals surface area contributed by atoms with E-state index in [9.17, 15) is 23.5 Å². The molecule has 0 bridgehead atoms. The summed E-state index contributed by atoms with van der Waals surface area (Å²) in [7, 11) is 0. The highest BCUT2D eigenvalue weighted by molar-refractivity contribution is 7.22. The molecule has 0 saturated heterocycles. The Morgan fingerprint density at radius 2 is 1.66 bits per heavy atom. The summed E-state index contributed by atoms with van der Waals surface area (Å²) in [5, 5.41) is 15.6. The largest absolute Gasteiger partial charge is 0.480 e. The van der Waals surface area contributed by atoms with E-state index in [0.717, 1.165) is 12.8 Å². The van der Waals surface area contributed by atoms with Crippen LogP contribution in [0.15, 0.2) is 60.7 Å². The van der Waals surface area contributed by atoms with Gasteiger partial charge in [0.15, 0.2) is 5.13 Å². The summed E-state index contributed by atoms with van der Waals surface area (Å²) >= 11 is 1.23. The number of carbonyl (C=O) groups is 2. The van der Waals surface area contributed by atoms with E-state index >= 15 is 0 Å². The van der Waals surface area contributed by atoms with Gasteiger partial charge in [0.1, 0.15) is 17.2 Å². The lowest BCUT2D eigenvalue weighted by molar-refractivity contribution is -0.144. The van der Waals surface area contributed by atoms with E-state index in [-0.39, 0.29) is 11.5 Å². The van der Waals surface area contributed by atoms with Crippen molar-refractivity contribution in [3.8, 4) is 11.1 Å². The van der Waals surface area contributed by atoms with Crippen molar-refractivity contribution in [3.63, 3.8) is 0 Å². The van der Waals surface area contributed by atoms with E-state index < -0.39 is 23.2 Å². The third-order valence-electron chi connectivity index (χ3n) is 6.26. The Morgan fingerprint density at radius 1 is 0.943 bits per heavy atom. The topological polar surface area (TPSA) is 91.3 Å². The van der Waals surface area contributed by atoms with E-state index in [2.05, 4.69) is 15.6 Å². The number of aliphatic carboxylic acids is 1. The highest BCUT2D eigenvalue weighted by Crippen LogP contribution is 2.32. The van der Waals surface area contributed by atoms with E-state index in [4.69, 9.17) is 0 Å². The van der Waals surface area contributed by atoms with Gasteiger partial charge in [0, 0.05) is 5.56 Å². The summed E-state index contributed by atoms with van der Waals surface area (Å²) in [6.07, 6.45) is 2.36. The fourth-order valence-corrected chi connectivity index (χ4v) is 5.24. The molecule has 1 fully saturated rings. The minimum Gasteiger partial charge on any atom is -0.480 e. The molecule has 0 radical (unpaired) electrons. The van der Waals surface area contributed by atoms with Gasteiger partial charge in [0.25, 0.3) is 5.91 Å². The van der Waals surface area contributed by atoms with Gasteiger partial charge in [0.05, 0.1) is 15.9 Å². The Hall–Kier alpha value is -3.85. The van der Waals surface area contributed by atoms with Crippen molar-refractivity contribution in [1.82, 2.24) is 10.3 Å². The molecule has 5 rings (SSSR count). The maximum Gasteiger partial charge on any atom is 0.329 e. The molecule has 3 aromatic carbocycles. The maximum atomic E-state index is 14.8. The first-order valence-electron chi connectivity index (χ1n) is 11.1. The molecular formula is C26H21F2N3O3S. The second-order valence-electron chi connectivity index (χ2n) is 8.58. The van der Waals surface area contributed by atoms with Crippen LogP contribution in [0.1, 0.15) is 36.0 Å². The van der Waals surface area contributed by atoms with Crippen LogP contribution in [-0.2, 0) is 4.79 Å². The summed E-state index contributed by atoms with van der Waals surface area (Å²) in [5.41, 5.74) is 1.31.